The number of anilines is 1. The molecule has 1 saturated carbocycles. The molecule has 1 amide bonds. The second-order valence-electron chi connectivity index (χ2n) is 11.4. The molecule has 0 spiro atoms. The van der Waals surface area contributed by atoms with E-state index in [9.17, 15) is 13.2 Å². The van der Waals surface area contributed by atoms with Gasteiger partial charge in [-0.25, -0.2) is 9.71 Å². The van der Waals surface area contributed by atoms with Gasteiger partial charge in [0.15, 0.2) is 5.03 Å². The molecule has 2 fully saturated rings. The van der Waals surface area contributed by atoms with Gasteiger partial charge < -0.3 is 9.64 Å². The first-order chi connectivity index (χ1) is 16.4. The van der Waals surface area contributed by atoms with Crippen LogP contribution in [-0.4, -0.2) is 42.5 Å². The van der Waals surface area contributed by atoms with Crippen molar-refractivity contribution in [2.75, 3.05) is 11.4 Å². The maximum Gasteiger partial charge on any atom is 0.281 e. The van der Waals surface area contributed by atoms with Gasteiger partial charge in [-0.1, -0.05) is 26.8 Å². The molecule has 4 rings (SSSR count). The number of pyridine rings is 2. The van der Waals surface area contributed by atoms with Gasteiger partial charge in [-0.3, -0.25) is 4.79 Å². The van der Waals surface area contributed by atoms with E-state index in [1.165, 1.54) is 6.07 Å². The molecule has 1 aliphatic carbocycles. The zero-order chi connectivity index (χ0) is 25.4. The Morgan fingerprint density at radius 3 is 2.60 bits per heavy atom. The third-order valence-electron chi connectivity index (χ3n) is 7.01. The Kier molecular flexibility index (Phi) is 6.83. The van der Waals surface area contributed by atoms with E-state index in [0.717, 1.165) is 38.6 Å². The molecule has 8 nitrogen and oxygen atoms in total. The fraction of sp³-hybridized carbons (Fsp3) is 0.577. The molecule has 0 radical (unpaired) electrons. The van der Waals surface area contributed by atoms with Crippen molar-refractivity contribution in [3.05, 3.63) is 42.1 Å². The standard InChI is InChI=1S/C26H36N4O4S/c1-18-15-26(4,5)30(17-18)23-20(10-8-14-27-23)24(31)29-35(32,33)22-12-6-11-21(28-22)34-19-9-7-13-25(2,3)16-19/h6,8,10-12,14,18-19H,7,9,13,15-17H2,1-5H3,(H,29,31). The first-order valence-corrected chi connectivity index (χ1v) is 13.8. The van der Waals surface area contributed by atoms with Crippen molar-refractivity contribution in [2.45, 2.75) is 83.4 Å². The number of carbonyl (C=O) groups is 1. The normalized spacial score (nSPS) is 23.6. The molecule has 2 aromatic rings. The van der Waals surface area contributed by atoms with Crippen LogP contribution in [0.25, 0.3) is 0 Å². The summed E-state index contributed by atoms with van der Waals surface area (Å²) in [6, 6.07) is 7.83. The highest BCUT2D eigenvalue weighted by atomic mass is 32.2. The largest absolute Gasteiger partial charge is 0.474 e. The Morgan fingerprint density at radius 2 is 1.91 bits per heavy atom. The first-order valence-electron chi connectivity index (χ1n) is 12.3. The zero-order valence-corrected chi connectivity index (χ0v) is 22.1. The van der Waals surface area contributed by atoms with Crippen LogP contribution in [0.15, 0.2) is 41.6 Å². The van der Waals surface area contributed by atoms with Crippen LogP contribution in [0, 0.1) is 11.3 Å². The summed E-state index contributed by atoms with van der Waals surface area (Å²) in [5.41, 5.74) is 0.210. The van der Waals surface area contributed by atoms with Gasteiger partial charge in [0.25, 0.3) is 15.9 Å². The van der Waals surface area contributed by atoms with Crippen molar-refractivity contribution in [2.24, 2.45) is 11.3 Å². The molecule has 2 atom stereocenters. The smallest absolute Gasteiger partial charge is 0.281 e. The number of nitrogens with zero attached hydrogens (tertiary/aromatic N) is 3. The van der Waals surface area contributed by atoms with E-state index in [0.29, 0.717) is 11.7 Å². The van der Waals surface area contributed by atoms with Gasteiger partial charge in [-0.2, -0.15) is 13.4 Å². The molecule has 3 heterocycles. The van der Waals surface area contributed by atoms with Crippen molar-refractivity contribution in [1.29, 1.82) is 0 Å². The summed E-state index contributed by atoms with van der Waals surface area (Å²) in [4.78, 5) is 23.9. The summed E-state index contributed by atoms with van der Waals surface area (Å²) in [7, 11) is -4.21. The van der Waals surface area contributed by atoms with E-state index in [-0.39, 0.29) is 33.5 Å². The summed E-state index contributed by atoms with van der Waals surface area (Å²) in [5, 5.41) is -0.251. The minimum absolute atomic E-state index is 0.0112. The highest BCUT2D eigenvalue weighted by Gasteiger charge is 2.39. The fourth-order valence-electron chi connectivity index (χ4n) is 5.49. The summed E-state index contributed by atoms with van der Waals surface area (Å²) in [6.45, 7) is 11.5. The molecule has 1 N–H and O–H groups in total. The van der Waals surface area contributed by atoms with Gasteiger partial charge in [-0.05, 0) is 75.5 Å². The number of hydrogen-bond acceptors (Lipinski definition) is 7. The average molecular weight is 501 g/mol. The van der Waals surface area contributed by atoms with Crippen LogP contribution >= 0.6 is 0 Å². The highest BCUT2D eigenvalue weighted by Crippen LogP contribution is 2.38. The zero-order valence-electron chi connectivity index (χ0n) is 21.2. The van der Waals surface area contributed by atoms with Crippen molar-refractivity contribution < 1.29 is 17.9 Å². The van der Waals surface area contributed by atoms with Crippen LogP contribution < -0.4 is 14.4 Å². The number of ether oxygens (including phenoxy) is 1. The molecule has 35 heavy (non-hydrogen) atoms. The Labute approximate surface area is 208 Å². The Hall–Kier alpha value is -2.68. The molecule has 0 bridgehead atoms. The molecule has 1 saturated heterocycles. The lowest BCUT2D eigenvalue weighted by Crippen LogP contribution is -2.41. The summed E-state index contributed by atoms with van der Waals surface area (Å²) < 4.78 is 34.4. The van der Waals surface area contributed by atoms with Crippen LogP contribution in [0.3, 0.4) is 0 Å². The van der Waals surface area contributed by atoms with Gasteiger partial charge in [-0.15, -0.1) is 0 Å². The number of hydrogen-bond donors (Lipinski definition) is 1. The summed E-state index contributed by atoms with van der Waals surface area (Å²) in [6.07, 6.45) is 6.57. The van der Waals surface area contributed by atoms with Gasteiger partial charge in [0, 0.05) is 24.3 Å². The number of sulfonamides is 1. The van der Waals surface area contributed by atoms with Crippen LogP contribution in [-0.2, 0) is 10.0 Å². The van der Waals surface area contributed by atoms with Crippen LogP contribution in [0.5, 0.6) is 5.88 Å². The molecule has 0 aromatic carbocycles. The van der Waals surface area contributed by atoms with Gasteiger partial charge in [0.2, 0.25) is 5.88 Å². The van der Waals surface area contributed by atoms with Crippen molar-refractivity contribution in [3.8, 4) is 5.88 Å². The highest BCUT2D eigenvalue weighted by molar-refractivity contribution is 7.90. The number of nitrogens with one attached hydrogen (secondary N) is 1. The fourth-order valence-corrected chi connectivity index (χ4v) is 6.42. The van der Waals surface area contributed by atoms with Crippen LogP contribution in [0.2, 0.25) is 0 Å². The Bertz CT molecular complexity index is 1200. The second kappa shape index (κ2) is 9.41. The third kappa shape index (κ3) is 5.77. The minimum Gasteiger partial charge on any atom is -0.474 e. The molecule has 9 heteroatoms. The molecule has 2 aromatic heterocycles. The van der Waals surface area contributed by atoms with E-state index in [1.54, 1.807) is 30.5 Å². The quantitative estimate of drug-likeness (QED) is 0.620. The lowest BCUT2D eigenvalue weighted by atomic mass is 9.76. The molecule has 2 unspecified atom stereocenters. The van der Waals surface area contributed by atoms with E-state index < -0.39 is 15.9 Å². The summed E-state index contributed by atoms with van der Waals surface area (Å²) >= 11 is 0. The minimum atomic E-state index is -4.21. The number of amides is 1. The Balaban J connectivity index is 1.53. The van der Waals surface area contributed by atoms with Crippen molar-refractivity contribution in [3.63, 3.8) is 0 Å². The van der Waals surface area contributed by atoms with Gasteiger partial charge in [0.05, 0.1) is 5.56 Å². The first kappa shape index (κ1) is 25.4. The topological polar surface area (TPSA) is 101 Å². The van der Waals surface area contributed by atoms with E-state index in [2.05, 4.69) is 54.2 Å². The van der Waals surface area contributed by atoms with Crippen LogP contribution in [0.1, 0.15) is 77.1 Å². The molecular formula is C26H36N4O4S. The predicted molar refractivity (Wildman–Crippen MR) is 135 cm³/mol. The Morgan fingerprint density at radius 1 is 1.14 bits per heavy atom. The predicted octanol–water partition coefficient (Wildman–Crippen LogP) is 4.57. The molecular weight excluding hydrogens is 464 g/mol. The average Bonchev–Trinajstić information content (AvgIpc) is 3.04. The van der Waals surface area contributed by atoms with Crippen LogP contribution in [0.4, 0.5) is 5.82 Å². The van der Waals surface area contributed by atoms with E-state index in [1.807, 2.05) is 0 Å². The number of carbonyl (C=O) groups excluding carboxylic acids is 1. The molecule has 1 aliphatic heterocycles. The SMILES string of the molecule is CC1CN(c2ncccc2C(=O)NS(=O)(=O)c2cccc(OC3CCCC(C)(C)C3)n2)C(C)(C)C1. The lowest BCUT2D eigenvalue weighted by molar-refractivity contribution is 0.0808. The van der Waals surface area contributed by atoms with Gasteiger partial charge in [0.1, 0.15) is 11.9 Å². The maximum absolute atomic E-state index is 13.2. The van der Waals surface area contributed by atoms with Crippen molar-refractivity contribution in [1.82, 2.24) is 14.7 Å². The van der Waals surface area contributed by atoms with Crippen molar-refractivity contribution >= 4 is 21.7 Å². The summed E-state index contributed by atoms with van der Waals surface area (Å²) in [5.74, 6) is 0.441. The van der Waals surface area contributed by atoms with E-state index >= 15 is 0 Å². The van der Waals surface area contributed by atoms with Gasteiger partial charge >= 0.3 is 0 Å². The van der Waals surface area contributed by atoms with E-state index in [4.69, 9.17) is 4.74 Å². The monoisotopic (exact) mass is 500 g/mol. The molecule has 190 valence electrons. The number of aromatic nitrogens is 2. The lowest BCUT2D eigenvalue weighted by Gasteiger charge is -2.34. The number of rotatable bonds is 6. The second-order valence-corrected chi connectivity index (χ2v) is 13.0. The third-order valence-corrected chi connectivity index (χ3v) is 8.24. The molecule has 2 aliphatic rings. The maximum atomic E-state index is 13.2.